The quantitative estimate of drug-likeness (QED) is 0.163. The number of hydrogen-bond acceptors (Lipinski definition) is 6. The summed E-state index contributed by atoms with van der Waals surface area (Å²) in [7, 11) is -2.69. The second-order valence-electron chi connectivity index (χ2n) is 11.1. The molecule has 222 valence electrons. The molecule has 0 radical (unpaired) electrons. The fourth-order valence-electron chi connectivity index (χ4n) is 4.37. The summed E-state index contributed by atoms with van der Waals surface area (Å²) in [6.45, 7) is 4.99. The molecule has 3 rings (SSSR count). The van der Waals surface area contributed by atoms with Gasteiger partial charge in [-0.2, -0.15) is 0 Å². The highest BCUT2D eigenvalue weighted by Crippen LogP contribution is 2.40. The highest BCUT2D eigenvalue weighted by Gasteiger charge is 2.51. The summed E-state index contributed by atoms with van der Waals surface area (Å²) in [4.78, 5) is 38.4. The number of aliphatic hydroxyl groups is 1. The van der Waals surface area contributed by atoms with Crippen molar-refractivity contribution in [3.05, 3.63) is 108 Å². The van der Waals surface area contributed by atoms with Crippen LogP contribution in [0.1, 0.15) is 37.5 Å². The number of ether oxygens (including phenoxy) is 1. The zero-order chi connectivity index (χ0) is 30.8. The van der Waals surface area contributed by atoms with Gasteiger partial charge in [0.25, 0.3) is 0 Å². The molecule has 0 heterocycles. The van der Waals surface area contributed by atoms with Crippen molar-refractivity contribution in [3.8, 4) is 0 Å². The molecule has 4 atom stereocenters. The maximum absolute atomic E-state index is 13.9. The maximum Gasteiger partial charge on any atom is 0.413 e. The lowest BCUT2D eigenvalue weighted by Gasteiger charge is -2.25. The van der Waals surface area contributed by atoms with Crippen LogP contribution in [0.4, 0.5) is 4.79 Å². The Bertz CT molecular complexity index is 1350. The number of benzene rings is 3. The lowest BCUT2D eigenvalue weighted by Crippen LogP contribution is -2.50. The Morgan fingerprint density at radius 1 is 0.810 bits per heavy atom. The van der Waals surface area contributed by atoms with Crippen LogP contribution in [0.15, 0.2) is 91.0 Å². The molecule has 0 aromatic heterocycles. The molecule has 0 spiro atoms. The topological polar surface area (TPSA) is 142 Å². The summed E-state index contributed by atoms with van der Waals surface area (Å²) < 4.78 is 19.2. The van der Waals surface area contributed by atoms with E-state index in [2.05, 4.69) is 10.6 Å². The first-order valence-corrected chi connectivity index (χ1v) is 15.1. The molecule has 2 amide bonds. The van der Waals surface area contributed by atoms with Crippen LogP contribution in [0.3, 0.4) is 0 Å². The Morgan fingerprint density at radius 2 is 1.29 bits per heavy atom. The maximum atomic E-state index is 13.9. The molecule has 0 aliphatic heterocycles. The van der Waals surface area contributed by atoms with Crippen molar-refractivity contribution < 1.29 is 33.9 Å². The number of amides is 2. The van der Waals surface area contributed by atoms with Crippen molar-refractivity contribution in [1.82, 2.24) is 10.6 Å². The summed E-state index contributed by atoms with van der Waals surface area (Å²) in [6.07, 6.45) is -1.29. The van der Waals surface area contributed by atoms with Crippen molar-refractivity contribution in [2.24, 2.45) is 5.92 Å². The number of carboxylic acids is 1. The molecule has 42 heavy (non-hydrogen) atoms. The minimum Gasteiger partial charge on any atom is -0.480 e. The summed E-state index contributed by atoms with van der Waals surface area (Å²) in [6, 6.07) is 25.5. The van der Waals surface area contributed by atoms with Crippen LogP contribution in [-0.2, 0) is 38.2 Å². The van der Waals surface area contributed by atoms with Gasteiger partial charge in [-0.15, -0.1) is 0 Å². The van der Waals surface area contributed by atoms with E-state index < -0.39 is 48.8 Å². The van der Waals surface area contributed by atoms with Gasteiger partial charge in [0.2, 0.25) is 5.91 Å². The monoisotopic (exact) mass is 593 g/mol. The van der Waals surface area contributed by atoms with E-state index in [4.69, 9.17) is 4.74 Å². The molecular weight excluding hydrogens is 555 g/mol. The fraction of sp³-hybridized carbons (Fsp3) is 0.344. The Morgan fingerprint density at radius 3 is 1.76 bits per heavy atom. The second kappa shape index (κ2) is 14.7. The van der Waals surface area contributed by atoms with E-state index in [9.17, 15) is 29.2 Å². The van der Waals surface area contributed by atoms with Crippen LogP contribution in [0.2, 0.25) is 0 Å². The summed E-state index contributed by atoms with van der Waals surface area (Å²) in [5, 5.41) is 26.5. The number of rotatable bonds is 13. The van der Waals surface area contributed by atoms with Gasteiger partial charge in [-0.3, -0.25) is 10.1 Å². The number of alkyl carbamates (subject to hydrolysis) is 1. The van der Waals surface area contributed by atoms with Crippen LogP contribution in [-0.4, -0.2) is 51.5 Å². The average Bonchev–Trinajstić information content (AvgIpc) is 2.92. The Labute approximate surface area is 247 Å². The second-order valence-corrected chi connectivity index (χ2v) is 13.0. The molecule has 0 aliphatic carbocycles. The number of carboxylic acid groups (broad SMARTS) is 1. The number of hydrogen-bond donors (Lipinski definition) is 4. The van der Waals surface area contributed by atoms with Gasteiger partial charge in [0, 0.05) is 6.42 Å². The lowest BCUT2D eigenvalue weighted by molar-refractivity contribution is -0.142. The first kappa shape index (κ1) is 32.4. The predicted molar refractivity (Wildman–Crippen MR) is 160 cm³/mol. The summed E-state index contributed by atoms with van der Waals surface area (Å²) in [5.41, 5.74) is -1.01. The SMILES string of the molecule is CC(C)(C)OC(=O)NC(O)(Cc1ccccc1)[P+](=O)CC(Cc1ccccc1)C(=O)N[C@@H](Cc1ccccc1)C(=O)O. The van der Waals surface area contributed by atoms with E-state index in [1.165, 1.54) is 0 Å². The highest BCUT2D eigenvalue weighted by atomic mass is 31.1. The van der Waals surface area contributed by atoms with Gasteiger partial charge < -0.3 is 20.3 Å². The van der Waals surface area contributed by atoms with Gasteiger partial charge in [0.1, 0.15) is 11.6 Å². The highest BCUT2D eigenvalue weighted by molar-refractivity contribution is 7.46. The van der Waals surface area contributed by atoms with Crippen LogP contribution >= 0.6 is 7.80 Å². The van der Waals surface area contributed by atoms with E-state index in [0.29, 0.717) is 5.56 Å². The summed E-state index contributed by atoms with van der Waals surface area (Å²) >= 11 is 0. The van der Waals surface area contributed by atoms with Gasteiger partial charge in [0.05, 0.1) is 12.3 Å². The zero-order valence-electron chi connectivity index (χ0n) is 24.0. The van der Waals surface area contributed by atoms with Crippen molar-refractivity contribution >= 4 is 25.8 Å². The third-order valence-electron chi connectivity index (χ3n) is 6.39. The number of carbonyl (C=O) groups excluding carboxylic acids is 2. The minimum absolute atomic E-state index is 0.0598. The predicted octanol–water partition coefficient (Wildman–Crippen LogP) is 4.90. The van der Waals surface area contributed by atoms with Gasteiger partial charge in [-0.1, -0.05) is 95.6 Å². The smallest absolute Gasteiger partial charge is 0.413 e. The van der Waals surface area contributed by atoms with E-state index in [-0.39, 0.29) is 25.4 Å². The minimum atomic E-state index is -2.69. The lowest BCUT2D eigenvalue weighted by atomic mass is 9.99. The Hall–Kier alpha value is -4.07. The molecule has 0 fully saturated rings. The average molecular weight is 594 g/mol. The van der Waals surface area contributed by atoms with Crippen LogP contribution in [0.5, 0.6) is 0 Å². The number of aliphatic carboxylic acids is 1. The molecule has 4 N–H and O–H groups in total. The third kappa shape index (κ3) is 10.4. The van der Waals surface area contributed by atoms with Crippen LogP contribution in [0, 0.1) is 5.92 Å². The normalized spacial score (nSPS) is 14.5. The first-order valence-electron chi connectivity index (χ1n) is 13.7. The summed E-state index contributed by atoms with van der Waals surface area (Å²) in [5.74, 6) is -2.80. The van der Waals surface area contributed by atoms with E-state index in [0.717, 1.165) is 11.1 Å². The van der Waals surface area contributed by atoms with Crippen molar-refractivity contribution in [1.29, 1.82) is 0 Å². The molecule has 9 nitrogen and oxygen atoms in total. The first-order chi connectivity index (χ1) is 19.8. The van der Waals surface area contributed by atoms with Crippen molar-refractivity contribution in [2.75, 3.05) is 6.16 Å². The molecular formula is C32H38N2O7P+. The third-order valence-corrected chi connectivity index (χ3v) is 8.25. The molecule has 0 saturated heterocycles. The molecule has 3 unspecified atom stereocenters. The molecule has 0 aliphatic rings. The molecule has 3 aromatic carbocycles. The molecule has 0 saturated carbocycles. The molecule has 0 bridgehead atoms. The van der Waals surface area contributed by atoms with E-state index in [1.54, 1.807) is 99.6 Å². The Kier molecular flexibility index (Phi) is 11.4. The van der Waals surface area contributed by atoms with E-state index >= 15 is 0 Å². The van der Waals surface area contributed by atoms with Gasteiger partial charge in [-0.25, -0.2) is 9.59 Å². The van der Waals surface area contributed by atoms with Crippen molar-refractivity contribution in [2.45, 2.75) is 57.1 Å². The van der Waals surface area contributed by atoms with Crippen molar-refractivity contribution in [3.63, 3.8) is 0 Å². The largest absolute Gasteiger partial charge is 0.480 e. The van der Waals surface area contributed by atoms with E-state index in [1.807, 2.05) is 12.1 Å². The van der Waals surface area contributed by atoms with Gasteiger partial charge in [-0.05, 0) is 43.9 Å². The van der Waals surface area contributed by atoms with Gasteiger partial charge in [0.15, 0.2) is 6.16 Å². The molecule has 10 heteroatoms. The number of nitrogens with one attached hydrogen (secondary N) is 2. The number of carbonyl (C=O) groups is 3. The van der Waals surface area contributed by atoms with Crippen LogP contribution < -0.4 is 10.6 Å². The fourth-order valence-corrected chi connectivity index (χ4v) is 5.94. The van der Waals surface area contributed by atoms with Gasteiger partial charge >= 0.3 is 25.3 Å². The standard InChI is InChI=1S/C32H37N2O7P/c1-31(2,3)41-30(38)34-32(39,21-25-17-11-6-12-18-25)42(40)22-26(19-23-13-7-4-8-14-23)28(35)33-27(29(36)37)20-24-15-9-5-10-16-24/h4-18,26-27,39H,19-22H2,1-3H3,(H2-,33,34,35,36,37,38)/p+1/t26?,27-,32?/m0/s1. The van der Waals surface area contributed by atoms with Crippen LogP contribution in [0.25, 0.3) is 0 Å². The Balaban J connectivity index is 1.88. The zero-order valence-corrected chi connectivity index (χ0v) is 24.9. The molecule has 3 aromatic rings.